The van der Waals surface area contributed by atoms with Crippen LogP contribution in [-0.2, 0) is 0 Å². The lowest BCUT2D eigenvalue weighted by Crippen LogP contribution is -1.98. The van der Waals surface area contributed by atoms with Crippen LogP contribution in [0.3, 0.4) is 0 Å². The molecule has 1 aromatic heterocycles. The van der Waals surface area contributed by atoms with Gasteiger partial charge in [0.15, 0.2) is 5.82 Å². The van der Waals surface area contributed by atoms with Crippen LogP contribution >= 0.6 is 23.2 Å². The number of nitrogens with one attached hydrogen (secondary N) is 1. The Labute approximate surface area is 107 Å². The van der Waals surface area contributed by atoms with E-state index in [1.165, 1.54) is 12.1 Å². The second-order valence-corrected chi connectivity index (χ2v) is 4.13. The molecule has 0 saturated heterocycles. The first-order valence-electron chi connectivity index (χ1n) is 4.70. The van der Waals surface area contributed by atoms with Crippen molar-refractivity contribution in [2.45, 2.75) is 0 Å². The van der Waals surface area contributed by atoms with Gasteiger partial charge in [-0.1, -0.05) is 29.3 Å². The van der Waals surface area contributed by atoms with Crippen LogP contribution in [0.15, 0.2) is 30.3 Å². The molecule has 0 fully saturated rings. The highest BCUT2D eigenvalue weighted by Gasteiger charge is 2.07. The fourth-order valence-electron chi connectivity index (χ4n) is 1.32. The molecule has 1 aromatic carbocycles. The first-order chi connectivity index (χ1) is 8.06. The number of hydrogen-bond acceptors (Lipinski definition) is 3. The van der Waals surface area contributed by atoms with Crippen molar-refractivity contribution in [1.29, 1.82) is 0 Å². The molecule has 3 nitrogen and oxygen atoms in total. The third-order valence-corrected chi connectivity index (χ3v) is 2.52. The van der Waals surface area contributed by atoms with Gasteiger partial charge < -0.3 is 11.1 Å². The van der Waals surface area contributed by atoms with E-state index in [-0.39, 0.29) is 15.9 Å². The SMILES string of the molecule is Nc1cc(Cl)nc(Nc2cccc(Cl)c2F)c1. The van der Waals surface area contributed by atoms with Crippen molar-refractivity contribution in [2.75, 3.05) is 11.1 Å². The summed E-state index contributed by atoms with van der Waals surface area (Å²) in [7, 11) is 0. The summed E-state index contributed by atoms with van der Waals surface area (Å²) in [5, 5.41) is 3.02. The quantitative estimate of drug-likeness (QED) is 0.816. The number of nitrogen functional groups attached to an aromatic ring is 1. The van der Waals surface area contributed by atoms with Crippen LogP contribution in [0.25, 0.3) is 0 Å². The van der Waals surface area contributed by atoms with Crippen LogP contribution in [0.2, 0.25) is 10.2 Å². The molecule has 0 aliphatic carbocycles. The maximum Gasteiger partial charge on any atom is 0.165 e. The highest BCUT2D eigenvalue weighted by molar-refractivity contribution is 6.31. The van der Waals surface area contributed by atoms with Gasteiger partial charge >= 0.3 is 0 Å². The lowest BCUT2D eigenvalue weighted by atomic mass is 10.3. The molecule has 0 spiro atoms. The van der Waals surface area contributed by atoms with Crippen LogP contribution in [0, 0.1) is 5.82 Å². The van der Waals surface area contributed by atoms with Crippen LogP contribution in [0.4, 0.5) is 21.6 Å². The predicted molar refractivity (Wildman–Crippen MR) is 68.4 cm³/mol. The molecule has 0 bridgehead atoms. The number of hydrogen-bond donors (Lipinski definition) is 2. The largest absolute Gasteiger partial charge is 0.399 e. The number of aromatic nitrogens is 1. The summed E-state index contributed by atoms with van der Waals surface area (Å²) in [6, 6.07) is 7.68. The van der Waals surface area contributed by atoms with Crippen molar-refractivity contribution in [3.63, 3.8) is 0 Å². The summed E-state index contributed by atoms with van der Waals surface area (Å²) in [5.74, 6) is -0.189. The number of pyridine rings is 1. The van der Waals surface area contributed by atoms with Gasteiger partial charge in [-0.05, 0) is 18.2 Å². The molecule has 0 unspecified atom stereocenters. The van der Waals surface area contributed by atoms with Gasteiger partial charge in [0.25, 0.3) is 0 Å². The van der Waals surface area contributed by atoms with Gasteiger partial charge in [-0.15, -0.1) is 0 Å². The zero-order valence-corrected chi connectivity index (χ0v) is 10.1. The molecule has 0 aliphatic heterocycles. The van der Waals surface area contributed by atoms with Gasteiger partial charge in [0.1, 0.15) is 11.0 Å². The fourth-order valence-corrected chi connectivity index (χ4v) is 1.71. The monoisotopic (exact) mass is 271 g/mol. The van der Waals surface area contributed by atoms with Crippen LogP contribution in [0.1, 0.15) is 0 Å². The van der Waals surface area contributed by atoms with E-state index in [0.717, 1.165) is 0 Å². The van der Waals surface area contributed by atoms with E-state index in [1.807, 2.05) is 0 Å². The second-order valence-electron chi connectivity index (χ2n) is 3.33. The molecule has 1 heterocycles. The normalized spacial score (nSPS) is 10.3. The summed E-state index contributed by atoms with van der Waals surface area (Å²) < 4.78 is 13.6. The maximum atomic E-state index is 13.6. The first-order valence-corrected chi connectivity index (χ1v) is 5.46. The van der Waals surface area contributed by atoms with Crippen molar-refractivity contribution in [2.24, 2.45) is 0 Å². The number of benzene rings is 1. The third kappa shape index (κ3) is 2.78. The molecular weight excluding hydrogens is 264 g/mol. The van der Waals surface area contributed by atoms with Gasteiger partial charge in [-0.25, -0.2) is 9.37 Å². The van der Waals surface area contributed by atoms with E-state index in [9.17, 15) is 4.39 Å². The highest BCUT2D eigenvalue weighted by atomic mass is 35.5. The zero-order chi connectivity index (χ0) is 12.4. The first kappa shape index (κ1) is 12.0. The lowest BCUT2D eigenvalue weighted by molar-refractivity contribution is 0.632. The molecule has 0 atom stereocenters. The summed E-state index contributed by atoms with van der Waals surface area (Å²) >= 11 is 11.4. The molecule has 0 aliphatic rings. The minimum Gasteiger partial charge on any atom is -0.399 e. The second kappa shape index (κ2) is 4.77. The predicted octanol–water partition coefficient (Wildman–Crippen LogP) is 3.85. The smallest absolute Gasteiger partial charge is 0.165 e. The molecule has 0 saturated carbocycles. The van der Waals surface area contributed by atoms with E-state index in [2.05, 4.69) is 10.3 Å². The Balaban J connectivity index is 2.34. The number of nitrogens with two attached hydrogens (primary N) is 1. The molecule has 88 valence electrons. The van der Waals surface area contributed by atoms with Gasteiger partial charge in [0, 0.05) is 11.8 Å². The standard InChI is InChI=1S/C11H8Cl2FN3/c12-7-2-1-3-8(11(7)14)16-10-5-6(15)4-9(13)17-10/h1-5H,(H3,15,16,17). The Hall–Kier alpha value is -1.52. The van der Waals surface area contributed by atoms with Crippen molar-refractivity contribution in [1.82, 2.24) is 4.98 Å². The van der Waals surface area contributed by atoms with E-state index in [4.69, 9.17) is 28.9 Å². The van der Waals surface area contributed by atoms with Gasteiger partial charge in [0.2, 0.25) is 0 Å². The van der Waals surface area contributed by atoms with E-state index in [0.29, 0.717) is 11.5 Å². The number of anilines is 3. The van der Waals surface area contributed by atoms with E-state index < -0.39 is 5.82 Å². The Morgan fingerprint density at radius 2 is 2.00 bits per heavy atom. The van der Waals surface area contributed by atoms with Crippen molar-refractivity contribution in [3.8, 4) is 0 Å². The van der Waals surface area contributed by atoms with Gasteiger partial charge in [-0.3, -0.25) is 0 Å². The van der Waals surface area contributed by atoms with Gasteiger partial charge in [0.05, 0.1) is 10.7 Å². The number of rotatable bonds is 2. The number of nitrogens with zero attached hydrogens (tertiary/aromatic N) is 1. The Morgan fingerprint density at radius 3 is 2.71 bits per heavy atom. The average molecular weight is 272 g/mol. The maximum absolute atomic E-state index is 13.6. The zero-order valence-electron chi connectivity index (χ0n) is 8.55. The lowest BCUT2D eigenvalue weighted by Gasteiger charge is -2.08. The third-order valence-electron chi connectivity index (χ3n) is 2.03. The topological polar surface area (TPSA) is 50.9 Å². The minimum atomic E-state index is -0.547. The summed E-state index contributed by atoms with van der Waals surface area (Å²) in [5.41, 5.74) is 6.25. The van der Waals surface area contributed by atoms with Crippen LogP contribution < -0.4 is 11.1 Å². The molecular formula is C11H8Cl2FN3. The molecule has 2 rings (SSSR count). The molecule has 6 heteroatoms. The molecule has 0 radical (unpaired) electrons. The molecule has 2 aromatic rings. The van der Waals surface area contributed by atoms with Crippen molar-refractivity contribution in [3.05, 3.63) is 46.3 Å². The summed E-state index contributed by atoms with van der Waals surface area (Å²) in [6.07, 6.45) is 0. The highest BCUT2D eigenvalue weighted by Crippen LogP contribution is 2.26. The Bertz CT molecular complexity index is 540. The minimum absolute atomic E-state index is 0.0324. The van der Waals surface area contributed by atoms with Crippen LogP contribution in [0.5, 0.6) is 0 Å². The summed E-state index contributed by atoms with van der Waals surface area (Å²) in [4.78, 5) is 3.96. The molecule has 0 amide bonds. The van der Waals surface area contributed by atoms with Crippen LogP contribution in [-0.4, -0.2) is 4.98 Å². The molecule has 17 heavy (non-hydrogen) atoms. The van der Waals surface area contributed by atoms with E-state index >= 15 is 0 Å². The van der Waals surface area contributed by atoms with Crippen molar-refractivity contribution >= 4 is 40.4 Å². The van der Waals surface area contributed by atoms with E-state index in [1.54, 1.807) is 18.2 Å². The van der Waals surface area contributed by atoms with Crippen molar-refractivity contribution < 1.29 is 4.39 Å². The molecule has 3 N–H and O–H groups in total. The summed E-state index contributed by atoms with van der Waals surface area (Å²) in [6.45, 7) is 0. The Kier molecular flexibility index (Phi) is 3.36. The average Bonchev–Trinajstić information content (AvgIpc) is 2.23. The van der Waals surface area contributed by atoms with Gasteiger partial charge in [-0.2, -0.15) is 0 Å². The Morgan fingerprint density at radius 1 is 1.24 bits per heavy atom. The fraction of sp³-hybridized carbons (Fsp3) is 0. The number of halogens is 3.